The molecular formula is C56H100O4Si. The molecule has 0 aliphatic rings. The van der Waals surface area contributed by atoms with E-state index in [4.69, 9.17) is 9.47 Å². The summed E-state index contributed by atoms with van der Waals surface area (Å²) in [6, 6.07) is 14.7. The Labute approximate surface area is 380 Å². The van der Waals surface area contributed by atoms with Crippen molar-refractivity contribution in [1.29, 1.82) is 0 Å². The minimum Gasteiger partial charge on any atom is -0.494 e. The van der Waals surface area contributed by atoms with E-state index >= 15 is 0 Å². The zero-order valence-corrected chi connectivity index (χ0v) is 41.5. The van der Waals surface area contributed by atoms with Gasteiger partial charge in [0.15, 0.2) is 0 Å². The van der Waals surface area contributed by atoms with Crippen LogP contribution in [0.15, 0.2) is 48.5 Å². The molecule has 2 rings (SSSR count). The molecule has 4 nitrogen and oxygen atoms in total. The molecule has 2 aromatic carbocycles. The molecule has 0 spiro atoms. The van der Waals surface area contributed by atoms with Crippen molar-refractivity contribution >= 4 is 18.9 Å². The molecule has 0 fully saturated rings. The Morgan fingerprint density at radius 2 is 0.459 bits per heavy atom. The average Bonchev–Trinajstić information content (AvgIpc) is 3.27. The molecule has 0 radical (unpaired) electrons. The largest absolute Gasteiger partial charge is 0.494 e. The summed E-state index contributed by atoms with van der Waals surface area (Å²) in [4.78, 5) is 22.3. The van der Waals surface area contributed by atoms with Gasteiger partial charge >= 0.3 is 8.56 Å². The Balaban J connectivity index is 1.39. The van der Waals surface area contributed by atoms with Crippen LogP contribution >= 0.6 is 0 Å². The van der Waals surface area contributed by atoms with E-state index in [9.17, 15) is 9.59 Å². The van der Waals surface area contributed by atoms with E-state index in [1.807, 2.05) is 48.5 Å². The van der Waals surface area contributed by atoms with Crippen LogP contribution in [-0.4, -0.2) is 31.4 Å². The lowest BCUT2D eigenvalue weighted by molar-refractivity contribution is 0.304. The lowest BCUT2D eigenvalue weighted by Crippen LogP contribution is -2.59. The van der Waals surface area contributed by atoms with Crippen LogP contribution in [0.25, 0.3) is 0 Å². The molecule has 0 heterocycles. The van der Waals surface area contributed by atoms with Crippen LogP contribution in [0.3, 0.4) is 0 Å². The highest BCUT2D eigenvalue weighted by molar-refractivity contribution is 6.90. The summed E-state index contributed by atoms with van der Waals surface area (Å²) in [5, 5.41) is 1.13. The lowest BCUT2D eigenvalue weighted by atomic mass is 10.0. The van der Waals surface area contributed by atoms with Gasteiger partial charge in [0.1, 0.15) is 11.5 Å². The standard InChI is InChI=1S/C56H100O4Si/c1-3-5-7-9-11-13-15-17-19-21-23-25-27-29-31-33-35-37-39-41-51-59-53-43-47-55(48-44-53)61(57,58)56-49-45-54(46-50-56)60-52-42-40-38-36-34-32-30-28-26-24-22-20-18-16-14-12-10-8-6-4-2/h43-50,57-58H,3-42,51-52H2,1-2H3. The molecule has 0 saturated carbocycles. The SMILES string of the molecule is CCCCCCCCCCCCCCCCCCCCCCOc1ccc([Si](O)(O)c2ccc(OCCCCCCCCCCCCCCCCCCCCCC)cc2)cc1. The zero-order chi connectivity index (χ0) is 43.6. The topological polar surface area (TPSA) is 58.9 Å². The van der Waals surface area contributed by atoms with Gasteiger partial charge in [-0.1, -0.05) is 282 Å². The summed E-state index contributed by atoms with van der Waals surface area (Å²) in [7, 11) is -3.78. The van der Waals surface area contributed by atoms with E-state index in [2.05, 4.69) is 13.8 Å². The molecule has 352 valence electrons. The van der Waals surface area contributed by atoms with E-state index in [1.54, 1.807) is 0 Å². The molecule has 0 unspecified atom stereocenters. The van der Waals surface area contributed by atoms with Gasteiger partial charge < -0.3 is 19.1 Å². The molecule has 0 amide bonds. The molecule has 61 heavy (non-hydrogen) atoms. The van der Waals surface area contributed by atoms with E-state index in [-0.39, 0.29) is 0 Å². The summed E-state index contributed by atoms with van der Waals surface area (Å²) < 4.78 is 12.0. The highest BCUT2D eigenvalue weighted by Crippen LogP contribution is 2.18. The van der Waals surface area contributed by atoms with Gasteiger partial charge in [0.05, 0.1) is 13.2 Å². The molecule has 2 aromatic rings. The van der Waals surface area contributed by atoms with Crippen molar-refractivity contribution in [3.63, 3.8) is 0 Å². The number of hydrogen-bond acceptors (Lipinski definition) is 4. The Kier molecular flexibility index (Phi) is 37.1. The fourth-order valence-corrected chi connectivity index (χ4v) is 10.4. The molecule has 5 heteroatoms. The van der Waals surface area contributed by atoms with Crippen molar-refractivity contribution in [3.05, 3.63) is 48.5 Å². The fraction of sp³-hybridized carbons (Fsp3) is 0.786. The van der Waals surface area contributed by atoms with E-state index in [1.165, 1.54) is 244 Å². The van der Waals surface area contributed by atoms with Crippen LogP contribution in [0, 0.1) is 0 Å². The molecule has 0 aliphatic heterocycles. The average molecular weight is 865 g/mol. The smallest absolute Gasteiger partial charge is 0.401 e. The maximum Gasteiger partial charge on any atom is 0.401 e. The second-order valence-corrected chi connectivity index (χ2v) is 21.4. The second-order valence-electron chi connectivity index (χ2n) is 18.9. The minimum absolute atomic E-state index is 0.566. The molecular weight excluding hydrogens is 765 g/mol. The highest BCUT2D eigenvalue weighted by Gasteiger charge is 2.34. The van der Waals surface area contributed by atoms with Gasteiger partial charge in [0, 0.05) is 0 Å². The first-order valence-corrected chi connectivity index (χ1v) is 28.9. The first-order valence-electron chi connectivity index (χ1n) is 27.0. The van der Waals surface area contributed by atoms with Crippen molar-refractivity contribution in [2.75, 3.05) is 13.2 Å². The summed E-state index contributed by atoms with van der Waals surface area (Å²) in [5.41, 5.74) is 0. The van der Waals surface area contributed by atoms with E-state index in [0.717, 1.165) is 24.3 Å². The van der Waals surface area contributed by atoms with Crippen LogP contribution in [0.1, 0.15) is 271 Å². The van der Waals surface area contributed by atoms with Crippen molar-refractivity contribution in [3.8, 4) is 11.5 Å². The number of ether oxygens (including phenoxy) is 2. The third-order valence-corrected chi connectivity index (χ3v) is 15.3. The normalized spacial score (nSPS) is 11.7. The van der Waals surface area contributed by atoms with Crippen molar-refractivity contribution < 1.29 is 19.1 Å². The summed E-state index contributed by atoms with van der Waals surface area (Å²) >= 11 is 0. The maximum absolute atomic E-state index is 11.2. The van der Waals surface area contributed by atoms with Gasteiger partial charge in [-0.25, -0.2) is 0 Å². The summed E-state index contributed by atoms with van der Waals surface area (Å²) in [6.07, 6.45) is 55.4. The van der Waals surface area contributed by atoms with Crippen LogP contribution in [0.5, 0.6) is 11.5 Å². The van der Waals surface area contributed by atoms with Gasteiger partial charge in [-0.15, -0.1) is 0 Å². The van der Waals surface area contributed by atoms with Crippen LogP contribution < -0.4 is 19.8 Å². The van der Waals surface area contributed by atoms with Crippen molar-refractivity contribution in [1.82, 2.24) is 0 Å². The first-order chi connectivity index (χ1) is 30.1. The Bertz CT molecular complexity index is 1090. The third-order valence-electron chi connectivity index (χ3n) is 13.0. The quantitative estimate of drug-likeness (QED) is 0.0514. The maximum atomic E-state index is 11.2. The first kappa shape index (κ1) is 55.3. The lowest BCUT2D eigenvalue weighted by Gasteiger charge is -2.19. The number of hydrogen-bond donors (Lipinski definition) is 2. The van der Waals surface area contributed by atoms with Gasteiger partial charge in [-0.2, -0.15) is 0 Å². The summed E-state index contributed by atoms with van der Waals surface area (Å²) in [6.45, 7) is 6.01. The molecule has 0 saturated heterocycles. The predicted octanol–water partition coefficient (Wildman–Crippen LogP) is 16.6. The molecule has 2 N–H and O–H groups in total. The monoisotopic (exact) mass is 865 g/mol. The van der Waals surface area contributed by atoms with Crippen molar-refractivity contribution in [2.24, 2.45) is 0 Å². The van der Waals surface area contributed by atoms with E-state index in [0.29, 0.717) is 23.6 Å². The Hall–Kier alpha value is -1.82. The molecule has 0 atom stereocenters. The number of benzene rings is 2. The van der Waals surface area contributed by atoms with Gasteiger partial charge in [0.25, 0.3) is 0 Å². The van der Waals surface area contributed by atoms with Crippen LogP contribution in [-0.2, 0) is 0 Å². The van der Waals surface area contributed by atoms with Gasteiger partial charge in [-0.3, -0.25) is 0 Å². The van der Waals surface area contributed by atoms with Gasteiger partial charge in [0.2, 0.25) is 0 Å². The number of rotatable bonds is 46. The predicted molar refractivity (Wildman–Crippen MR) is 269 cm³/mol. The highest BCUT2D eigenvalue weighted by atomic mass is 28.4. The van der Waals surface area contributed by atoms with Crippen LogP contribution in [0.4, 0.5) is 0 Å². The minimum atomic E-state index is -3.78. The van der Waals surface area contributed by atoms with Crippen molar-refractivity contribution in [2.45, 2.75) is 271 Å². The Morgan fingerprint density at radius 1 is 0.279 bits per heavy atom. The number of unbranched alkanes of at least 4 members (excludes halogenated alkanes) is 38. The van der Waals surface area contributed by atoms with E-state index < -0.39 is 8.56 Å². The third kappa shape index (κ3) is 31.6. The van der Waals surface area contributed by atoms with Gasteiger partial charge in [-0.05, 0) is 47.5 Å². The second kappa shape index (κ2) is 40.9. The summed E-state index contributed by atoms with van der Waals surface area (Å²) in [5.74, 6) is 1.58. The van der Waals surface area contributed by atoms with Crippen LogP contribution in [0.2, 0.25) is 0 Å². The molecule has 0 bridgehead atoms. The fourth-order valence-electron chi connectivity index (χ4n) is 8.83. The molecule has 0 aromatic heterocycles. The Morgan fingerprint density at radius 3 is 0.656 bits per heavy atom. The zero-order valence-electron chi connectivity index (χ0n) is 40.5. The molecule has 0 aliphatic carbocycles.